The molecule has 38 valence electrons. The highest BCUT2D eigenvalue weighted by atomic mass is 16.5. The van der Waals surface area contributed by atoms with Crippen LogP contribution in [0.2, 0.25) is 0 Å². The third-order valence-electron chi connectivity index (χ3n) is 0.763. The van der Waals surface area contributed by atoms with Gasteiger partial charge in [-0.1, -0.05) is 6.58 Å². The molecule has 2 nitrogen and oxygen atoms in total. The Morgan fingerprint density at radius 1 is 1.86 bits per heavy atom. The minimum atomic E-state index is 0.575. The fraction of sp³-hybridized carbons (Fsp3) is 0.400. The van der Waals surface area contributed by atoms with E-state index in [0.717, 1.165) is 11.6 Å². The van der Waals surface area contributed by atoms with Crippen LogP contribution in [0.4, 0.5) is 0 Å². The van der Waals surface area contributed by atoms with Crippen LogP contribution in [0.1, 0.15) is 6.92 Å². The molecule has 0 spiro atoms. The van der Waals surface area contributed by atoms with Crippen molar-refractivity contribution in [2.24, 2.45) is 4.99 Å². The molecule has 0 N–H and O–H groups in total. The van der Waals surface area contributed by atoms with Gasteiger partial charge in [-0.05, 0) is 0 Å². The maximum absolute atomic E-state index is 4.92. The quantitative estimate of drug-likeness (QED) is 0.441. The summed E-state index contributed by atoms with van der Waals surface area (Å²) >= 11 is 0. The summed E-state index contributed by atoms with van der Waals surface area (Å²) in [5.74, 6) is 0.727. The van der Waals surface area contributed by atoms with Gasteiger partial charge in [0.25, 0.3) is 0 Å². The Morgan fingerprint density at radius 3 is 2.71 bits per heavy atom. The minimum absolute atomic E-state index is 0.575. The molecule has 1 aliphatic rings. The number of hydrogen-bond donors (Lipinski definition) is 0. The van der Waals surface area contributed by atoms with Gasteiger partial charge < -0.3 is 4.74 Å². The van der Waals surface area contributed by atoms with Gasteiger partial charge in [0.2, 0.25) is 0 Å². The largest absolute Gasteiger partial charge is 0.475 e. The Balaban J connectivity index is 2.67. The number of nitrogens with zero attached hydrogens (tertiary/aromatic N) is 1. The van der Waals surface area contributed by atoms with Crippen molar-refractivity contribution in [1.82, 2.24) is 0 Å². The Kier molecular flexibility index (Phi) is 0.855. The van der Waals surface area contributed by atoms with E-state index in [1.807, 2.05) is 6.92 Å². The van der Waals surface area contributed by atoms with E-state index in [4.69, 9.17) is 4.74 Å². The second-order valence-corrected chi connectivity index (χ2v) is 1.49. The Bertz CT molecular complexity index is 126. The zero-order valence-electron chi connectivity index (χ0n) is 4.27. The molecule has 0 atom stereocenters. The van der Waals surface area contributed by atoms with Crippen molar-refractivity contribution in [3.05, 3.63) is 12.3 Å². The first kappa shape index (κ1) is 4.37. The maximum atomic E-state index is 4.92. The molecule has 0 unspecified atom stereocenters. The average molecular weight is 97.1 g/mol. The Hall–Kier alpha value is -0.790. The van der Waals surface area contributed by atoms with Crippen LogP contribution in [-0.4, -0.2) is 12.5 Å². The van der Waals surface area contributed by atoms with Crippen LogP contribution in [0.25, 0.3) is 0 Å². The third-order valence-corrected chi connectivity index (χ3v) is 0.763. The normalized spacial score (nSPS) is 19.0. The molecule has 0 saturated heterocycles. The summed E-state index contributed by atoms with van der Waals surface area (Å²) in [7, 11) is 0. The lowest BCUT2D eigenvalue weighted by molar-refractivity contribution is 0.361. The molecule has 0 bridgehead atoms. The second kappa shape index (κ2) is 1.37. The van der Waals surface area contributed by atoms with Crippen molar-refractivity contribution in [2.45, 2.75) is 6.92 Å². The van der Waals surface area contributed by atoms with E-state index in [1.54, 1.807) is 0 Å². The molecule has 0 aliphatic carbocycles. The highest BCUT2D eigenvalue weighted by Crippen LogP contribution is 2.03. The topological polar surface area (TPSA) is 21.6 Å². The second-order valence-electron chi connectivity index (χ2n) is 1.49. The van der Waals surface area contributed by atoms with Gasteiger partial charge in [-0.2, -0.15) is 0 Å². The molecule has 1 rings (SSSR count). The summed E-state index contributed by atoms with van der Waals surface area (Å²) in [5.41, 5.74) is 0.817. The van der Waals surface area contributed by atoms with Crippen LogP contribution in [0.3, 0.4) is 0 Å². The van der Waals surface area contributed by atoms with Crippen molar-refractivity contribution < 1.29 is 4.74 Å². The molecule has 0 radical (unpaired) electrons. The Morgan fingerprint density at radius 2 is 2.57 bits per heavy atom. The van der Waals surface area contributed by atoms with Crippen LogP contribution < -0.4 is 0 Å². The van der Waals surface area contributed by atoms with Gasteiger partial charge in [0.1, 0.15) is 6.61 Å². The average Bonchev–Trinajstić information content (AvgIpc) is 1.87. The number of aliphatic imine (C=N–C) groups is 1. The predicted octanol–water partition coefficient (Wildman–Crippen LogP) is 0.949. The summed E-state index contributed by atoms with van der Waals surface area (Å²) in [6.45, 7) is 5.98. The van der Waals surface area contributed by atoms with E-state index >= 15 is 0 Å². The summed E-state index contributed by atoms with van der Waals surface area (Å²) in [6, 6.07) is 0. The van der Waals surface area contributed by atoms with Gasteiger partial charge >= 0.3 is 0 Å². The molecular formula is C5H7NO. The van der Waals surface area contributed by atoms with E-state index in [-0.39, 0.29) is 0 Å². The fourth-order valence-electron chi connectivity index (χ4n) is 0.475. The highest BCUT2D eigenvalue weighted by molar-refractivity contribution is 5.76. The lowest BCUT2D eigenvalue weighted by Crippen LogP contribution is -1.88. The summed E-state index contributed by atoms with van der Waals surface area (Å²) in [4.78, 5) is 3.89. The predicted molar refractivity (Wildman–Crippen MR) is 28.2 cm³/mol. The third kappa shape index (κ3) is 0.796. The van der Waals surface area contributed by atoms with E-state index in [2.05, 4.69) is 11.6 Å². The van der Waals surface area contributed by atoms with Crippen molar-refractivity contribution in [3.63, 3.8) is 0 Å². The lowest BCUT2D eigenvalue weighted by Gasteiger charge is -1.86. The number of hydrogen-bond acceptors (Lipinski definition) is 2. The summed E-state index contributed by atoms with van der Waals surface area (Å²) < 4.78 is 4.92. The van der Waals surface area contributed by atoms with Gasteiger partial charge in [0.05, 0.1) is 5.70 Å². The van der Waals surface area contributed by atoms with Crippen molar-refractivity contribution in [3.8, 4) is 0 Å². The molecular weight excluding hydrogens is 90.1 g/mol. The zero-order chi connectivity index (χ0) is 5.28. The summed E-state index contributed by atoms with van der Waals surface area (Å²) in [5, 5.41) is 0. The van der Waals surface area contributed by atoms with Crippen molar-refractivity contribution in [2.75, 3.05) is 6.61 Å². The van der Waals surface area contributed by atoms with Crippen LogP contribution in [0.5, 0.6) is 0 Å². The lowest BCUT2D eigenvalue weighted by atomic mass is 10.6. The van der Waals surface area contributed by atoms with Crippen molar-refractivity contribution in [1.29, 1.82) is 0 Å². The van der Waals surface area contributed by atoms with E-state index in [0.29, 0.717) is 6.61 Å². The maximum Gasteiger partial charge on any atom is 0.185 e. The van der Waals surface area contributed by atoms with E-state index < -0.39 is 0 Å². The van der Waals surface area contributed by atoms with Gasteiger partial charge in [-0.3, -0.25) is 0 Å². The molecule has 1 aliphatic heterocycles. The minimum Gasteiger partial charge on any atom is -0.475 e. The van der Waals surface area contributed by atoms with Crippen LogP contribution in [0, 0.1) is 0 Å². The van der Waals surface area contributed by atoms with Crippen LogP contribution in [0.15, 0.2) is 17.3 Å². The molecule has 1 heterocycles. The molecule has 0 amide bonds. The molecule has 2 heteroatoms. The molecule has 0 aromatic heterocycles. The monoisotopic (exact) mass is 97.1 g/mol. The SMILES string of the molecule is C=C1COC(C)=N1. The fourth-order valence-corrected chi connectivity index (χ4v) is 0.475. The first-order chi connectivity index (χ1) is 3.29. The highest BCUT2D eigenvalue weighted by Gasteiger charge is 2.02. The van der Waals surface area contributed by atoms with Crippen LogP contribution >= 0.6 is 0 Å². The van der Waals surface area contributed by atoms with Crippen LogP contribution in [-0.2, 0) is 4.74 Å². The van der Waals surface area contributed by atoms with E-state index in [1.165, 1.54) is 0 Å². The smallest absolute Gasteiger partial charge is 0.185 e. The molecule has 0 saturated carbocycles. The van der Waals surface area contributed by atoms with E-state index in [9.17, 15) is 0 Å². The Labute approximate surface area is 42.5 Å². The molecule has 0 aromatic rings. The zero-order valence-corrected chi connectivity index (χ0v) is 4.27. The van der Waals surface area contributed by atoms with Gasteiger partial charge in [-0.15, -0.1) is 0 Å². The van der Waals surface area contributed by atoms with Gasteiger partial charge in [-0.25, -0.2) is 4.99 Å². The molecule has 0 aromatic carbocycles. The first-order valence-electron chi connectivity index (χ1n) is 2.15. The first-order valence-corrected chi connectivity index (χ1v) is 2.15. The molecule has 7 heavy (non-hydrogen) atoms. The standard InChI is InChI=1S/C5H7NO/c1-4-3-7-5(2)6-4/h1,3H2,2H3. The number of rotatable bonds is 0. The summed E-state index contributed by atoms with van der Waals surface area (Å²) in [6.07, 6.45) is 0. The van der Waals surface area contributed by atoms with Gasteiger partial charge in [0, 0.05) is 6.92 Å². The number of ether oxygens (including phenoxy) is 1. The molecule has 0 fully saturated rings. The van der Waals surface area contributed by atoms with Gasteiger partial charge in [0.15, 0.2) is 5.90 Å². The van der Waals surface area contributed by atoms with Crippen molar-refractivity contribution >= 4 is 5.90 Å².